The number of rotatable bonds is 9. The second kappa shape index (κ2) is 7.46. The van der Waals surface area contributed by atoms with Gasteiger partial charge in [0.05, 0.1) is 12.3 Å². The zero-order valence-electron chi connectivity index (χ0n) is 12.1. The van der Waals surface area contributed by atoms with E-state index in [9.17, 15) is 0 Å². The first-order valence-corrected chi connectivity index (χ1v) is 7.26. The predicted octanol–water partition coefficient (Wildman–Crippen LogP) is 2.51. The van der Waals surface area contributed by atoms with Gasteiger partial charge in [0.25, 0.3) is 0 Å². The van der Waals surface area contributed by atoms with Crippen LogP contribution in [0.1, 0.15) is 31.9 Å². The van der Waals surface area contributed by atoms with Gasteiger partial charge in [-0.1, -0.05) is 13.0 Å². The van der Waals surface area contributed by atoms with Crippen LogP contribution in [0.5, 0.6) is 0 Å². The molecule has 0 unspecified atom stereocenters. The van der Waals surface area contributed by atoms with E-state index in [1.54, 1.807) is 7.11 Å². The van der Waals surface area contributed by atoms with Crippen molar-refractivity contribution in [1.29, 1.82) is 0 Å². The van der Waals surface area contributed by atoms with Crippen LogP contribution in [0.4, 0.5) is 5.82 Å². The molecule has 0 saturated heterocycles. The van der Waals surface area contributed by atoms with E-state index in [-0.39, 0.29) is 0 Å². The lowest BCUT2D eigenvalue weighted by molar-refractivity contribution is 0.139. The van der Waals surface area contributed by atoms with Crippen LogP contribution in [0.15, 0.2) is 18.2 Å². The van der Waals surface area contributed by atoms with Crippen LogP contribution in [0.25, 0.3) is 0 Å². The smallest absolute Gasteiger partial charge is 0.126 e. The van der Waals surface area contributed by atoms with E-state index in [0.29, 0.717) is 0 Å². The molecule has 19 heavy (non-hydrogen) atoms. The predicted molar refractivity (Wildman–Crippen MR) is 78.3 cm³/mol. The molecule has 1 aliphatic carbocycles. The summed E-state index contributed by atoms with van der Waals surface area (Å²) >= 11 is 0. The standard InChI is InChI=1S/C15H25N3O/c1-3-9-16-15-6-4-5-13(17-15)12-18(10-11-19-2)14-7-8-14/h4-6,14H,3,7-12H2,1-2H3,(H,16,17). The molecule has 1 aliphatic rings. The third-order valence-corrected chi connectivity index (χ3v) is 3.37. The van der Waals surface area contributed by atoms with Crippen molar-refractivity contribution in [3.05, 3.63) is 23.9 Å². The molecular weight excluding hydrogens is 238 g/mol. The molecule has 1 aromatic rings. The summed E-state index contributed by atoms with van der Waals surface area (Å²) in [4.78, 5) is 7.16. The summed E-state index contributed by atoms with van der Waals surface area (Å²) in [5.41, 5.74) is 1.14. The minimum atomic E-state index is 0.740. The number of pyridine rings is 1. The monoisotopic (exact) mass is 263 g/mol. The summed E-state index contributed by atoms with van der Waals surface area (Å²) in [5.74, 6) is 0.988. The highest BCUT2D eigenvalue weighted by Gasteiger charge is 2.28. The number of nitrogens with zero attached hydrogens (tertiary/aromatic N) is 2. The van der Waals surface area contributed by atoms with Crippen molar-refractivity contribution in [1.82, 2.24) is 9.88 Å². The van der Waals surface area contributed by atoms with Crippen molar-refractivity contribution in [2.75, 3.05) is 32.1 Å². The first-order valence-electron chi connectivity index (χ1n) is 7.26. The van der Waals surface area contributed by atoms with Crippen LogP contribution in [0.2, 0.25) is 0 Å². The van der Waals surface area contributed by atoms with Gasteiger partial charge in [-0.2, -0.15) is 0 Å². The minimum Gasteiger partial charge on any atom is -0.383 e. The molecule has 1 heterocycles. The zero-order valence-corrected chi connectivity index (χ0v) is 12.1. The first kappa shape index (κ1) is 14.3. The molecule has 2 rings (SSSR count). The van der Waals surface area contributed by atoms with E-state index in [4.69, 9.17) is 4.74 Å². The molecule has 4 heteroatoms. The summed E-state index contributed by atoms with van der Waals surface area (Å²) in [6.45, 7) is 5.86. The Labute approximate surface area is 116 Å². The van der Waals surface area contributed by atoms with E-state index in [2.05, 4.69) is 34.3 Å². The zero-order chi connectivity index (χ0) is 13.5. The maximum Gasteiger partial charge on any atom is 0.126 e. The number of aromatic nitrogens is 1. The highest BCUT2D eigenvalue weighted by atomic mass is 16.5. The molecular formula is C15H25N3O. The quantitative estimate of drug-likeness (QED) is 0.743. The Morgan fingerprint density at radius 1 is 1.42 bits per heavy atom. The van der Waals surface area contributed by atoms with Gasteiger partial charge in [0.1, 0.15) is 5.82 Å². The molecule has 1 aromatic heterocycles. The summed E-state index contributed by atoms with van der Waals surface area (Å²) in [7, 11) is 1.76. The van der Waals surface area contributed by atoms with E-state index in [1.807, 2.05) is 6.07 Å². The first-order chi connectivity index (χ1) is 9.33. The lowest BCUT2D eigenvalue weighted by Gasteiger charge is -2.21. The van der Waals surface area contributed by atoms with Crippen LogP contribution in [-0.4, -0.2) is 42.7 Å². The molecule has 1 saturated carbocycles. The Morgan fingerprint density at radius 2 is 2.26 bits per heavy atom. The van der Waals surface area contributed by atoms with Gasteiger partial charge in [-0.25, -0.2) is 4.98 Å². The van der Waals surface area contributed by atoms with Crippen molar-refractivity contribution in [2.45, 2.75) is 38.8 Å². The number of nitrogens with one attached hydrogen (secondary N) is 1. The van der Waals surface area contributed by atoms with Gasteiger partial charge in [-0.3, -0.25) is 4.90 Å². The van der Waals surface area contributed by atoms with Crippen molar-refractivity contribution in [3.63, 3.8) is 0 Å². The summed E-state index contributed by atoms with van der Waals surface area (Å²) in [5, 5.41) is 3.34. The molecule has 106 valence electrons. The molecule has 4 nitrogen and oxygen atoms in total. The van der Waals surface area contributed by atoms with Gasteiger partial charge in [-0.15, -0.1) is 0 Å². The van der Waals surface area contributed by atoms with Gasteiger partial charge >= 0.3 is 0 Å². The third kappa shape index (κ3) is 4.80. The lowest BCUT2D eigenvalue weighted by Crippen LogP contribution is -2.29. The number of methoxy groups -OCH3 is 1. The van der Waals surface area contributed by atoms with E-state index in [0.717, 1.165) is 50.2 Å². The molecule has 0 radical (unpaired) electrons. The van der Waals surface area contributed by atoms with Gasteiger partial charge in [0.15, 0.2) is 0 Å². The lowest BCUT2D eigenvalue weighted by atomic mass is 10.3. The maximum absolute atomic E-state index is 5.19. The largest absolute Gasteiger partial charge is 0.383 e. The average Bonchev–Trinajstić information content (AvgIpc) is 3.26. The molecule has 0 atom stereocenters. The summed E-state index contributed by atoms with van der Waals surface area (Å²) in [6.07, 6.45) is 3.75. The molecule has 0 spiro atoms. The third-order valence-electron chi connectivity index (χ3n) is 3.37. The van der Waals surface area contributed by atoms with Gasteiger partial charge in [-0.05, 0) is 31.4 Å². The second-order valence-electron chi connectivity index (χ2n) is 5.14. The van der Waals surface area contributed by atoms with E-state index >= 15 is 0 Å². The number of anilines is 1. The van der Waals surface area contributed by atoms with Crippen LogP contribution in [0, 0.1) is 0 Å². The number of hydrogen-bond donors (Lipinski definition) is 1. The van der Waals surface area contributed by atoms with Crippen molar-refractivity contribution >= 4 is 5.82 Å². The highest BCUT2D eigenvalue weighted by Crippen LogP contribution is 2.27. The van der Waals surface area contributed by atoms with Gasteiger partial charge in [0, 0.05) is 32.8 Å². The molecule has 1 fully saturated rings. The van der Waals surface area contributed by atoms with Crippen molar-refractivity contribution < 1.29 is 4.74 Å². The normalized spacial score (nSPS) is 14.9. The summed E-state index contributed by atoms with van der Waals surface area (Å²) < 4.78 is 5.19. The fourth-order valence-corrected chi connectivity index (χ4v) is 2.17. The topological polar surface area (TPSA) is 37.4 Å². The van der Waals surface area contributed by atoms with Gasteiger partial charge < -0.3 is 10.1 Å². The van der Waals surface area contributed by atoms with Crippen LogP contribution in [-0.2, 0) is 11.3 Å². The highest BCUT2D eigenvalue weighted by molar-refractivity contribution is 5.35. The van der Waals surface area contributed by atoms with Crippen LogP contribution < -0.4 is 5.32 Å². The fraction of sp³-hybridized carbons (Fsp3) is 0.667. The second-order valence-corrected chi connectivity index (χ2v) is 5.14. The number of hydrogen-bond acceptors (Lipinski definition) is 4. The Morgan fingerprint density at radius 3 is 2.95 bits per heavy atom. The molecule has 1 N–H and O–H groups in total. The van der Waals surface area contributed by atoms with E-state index in [1.165, 1.54) is 12.8 Å². The van der Waals surface area contributed by atoms with Gasteiger partial charge in [0.2, 0.25) is 0 Å². The fourth-order valence-electron chi connectivity index (χ4n) is 2.17. The van der Waals surface area contributed by atoms with Crippen molar-refractivity contribution in [3.8, 4) is 0 Å². The molecule has 0 amide bonds. The Balaban J connectivity index is 1.92. The van der Waals surface area contributed by atoms with Crippen LogP contribution in [0.3, 0.4) is 0 Å². The minimum absolute atomic E-state index is 0.740. The molecule has 0 aliphatic heterocycles. The van der Waals surface area contributed by atoms with Crippen molar-refractivity contribution in [2.24, 2.45) is 0 Å². The summed E-state index contributed by atoms with van der Waals surface area (Å²) in [6, 6.07) is 6.97. The average molecular weight is 263 g/mol. The van der Waals surface area contributed by atoms with E-state index < -0.39 is 0 Å². The van der Waals surface area contributed by atoms with Crippen LogP contribution >= 0.6 is 0 Å². The maximum atomic E-state index is 5.19. The SMILES string of the molecule is CCCNc1cccc(CN(CCOC)C2CC2)n1. The Bertz CT molecular complexity index is 379. The Kier molecular flexibility index (Phi) is 5.61. The Hall–Kier alpha value is -1.13. The molecule has 0 aromatic carbocycles. The number of ether oxygens (including phenoxy) is 1. The molecule has 0 bridgehead atoms.